The van der Waals surface area contributed by atoms with Crippen molar-refractivity contribution in [3.8, 4) is 0 Å². The van der Waals surface area contributed by atoms with Gasteiger partial charge in [-0.3, -0.25) is 19.9 Å². The summed E-state index contributed by atoms with van der Waals surface area (Å²) in [4.78, 5) is 23.8. The highest BCUT2D eigenvalue weighted by Crippen LogP contribution is 2.06. The number of nitrogens with zero attached hydrogens (tertiary/aromatic N) is 1. The van der Waals surface area contributed by atoms with Crippen LogP contribution in [0.15, 0.2) is 30.3 Å². The Kier molecular flexibility index (Phi) is 5.67. The number of aliphatic carboxylic acids is 1. The lowest BCUT2D eigenvalue weighted by molar-refractivity contribution is -0.138. The van der Waals surface area contributed by atoms with Gasteiger partial charge in [0, 0.05) is 12.1 Å². The molecular formula is C13H18N4O3. The van der Waals surface area contributed by atoms with E-state index in [1.807, 2.05) is 0 Å². The monoisotopic (exact) mass is 278 g/mol. The molecular weight excluding hydrogens is 260 g/mol. The Morgan fingerprint density at radius 1 is 1.30 bits per heavy atom. The van der Waals surface area contributed by atoms with Gasteiger partial charge < -0.3 is 16.6 Å². The Morgan fingerprint density at radius 3 is 2.40 bits per heavy atom. The molecule has 6 N–H and O–H groups in total. The average Bonchev–Trinajstić information content (AvgIpc) is 2.43. The summed E-state index contributed by atoms with van der Waals surface area (Å²) in [5, 5.41) is 16.1. The van der Waals surface area contributed by atoms with E-state index in [4.69, 9.17) is 22.0 Å². The number of hydrogen-bond donors (Lipinski definition) is 4. The van der Waals surface area contributed by atoms with Gasteiger partial charge in [0.1, 0.15) is 6.04 Å². The summed E-state index contributed by atoms with van der Waals surface area (Å²) in [6.07, 6.45) is 0.562. The van der Waals surface area contributed by atoms with E-state index < -0.39 is 12.0 Å². The van der Waals surface area contributed by atoms with Gasteiger partial charge in [-0.15, -0.1) is 0 Å². The Hall–Kier alpha value is -2.41. The van der Waals surface area contributed by atoms with Gasteiger partial charge in [-0.05, 0) is 25.0 Å². The van der Waals surface area contributed by atoms with Gasteiger partial charge in [0.15, 0.2) is 5.96 Å². The fourth-order valence-corrected chi connectivity index (χ4v) is 1.66. The van der Waals surface area contributed by atoms with Gasteiger partial charge in [-0.1, -0.05) is 18.2 Å². The summed E-state index contributed by atoms with van der Waals surface area (Å²) in [5.41, 5.74) is 11.2. The number of carbonyl (C=O) groups excluding carboxylic acids is 1. The number of amides is 1. The molecule has 0 bridgehead atoms. The lowest BCUT2D eigenvalue weighted by atomic mass is 10.1. The van der Waals surface area contributed by atoms with Crippen molar-refractivity contribution >= 4 is 17.8 Å². The lowest BCUT2D eigenvalue weighted by Crippen LogP contribution is -2.42. The first-order valence-corrected chi connectivity index (χ1v) is 6.12. The summed E-state index contributed by atoms with van der Waals surface area (Å²) >= 11 is 0. The number of hydrogen-bond acceptors (Lipinski definition) is 4. The van der Waals surface area contributed by atoms with Crippen LogP contribution in [0.25, 0.3) is 0 Å². The average molecular weight is 278 g/mol. The summed E-state index contributed by atoms with van der Waals surface area (Å²) in [6.45, 7) is 0.157. The number of carboxylic acids is 1. The van der Waals surface area contributed by atoms with Crippen LogP contribution in [0.4, 0.5) is 0 Å². The third-order valence-corrected chi connectivity index (χ3v) is 2.77. The molecule has 0 aliphatic carbocycles. The molecule has 1 aromatic rings. The van der Waals surface area contributed by atoms with Gasteiger partial charge >= 0.3 is 5.97 Å². The van der Waals surface area contributed by atoms with Crippen molar-refractivity contribution in [1.29, 1.82) is 5.41 Å². The maximum Gasteiger partial charge on any atom is 0.320 e. The van der Waals surface area contributed by atoms with Crippen LogP contribution in [0.1, 0.15) is 23.2 Å². The quantitative estimate of drug-likeness (QED) is 0.436. The van der Waals surface area contributed by atoms with Crippen LogP contribution < -0.4 is 11.5 Å². The zero-order chi connectivity index (χ0) is 15.1. The van der Waals surface area contributed by atoms with Crippen molar-refractivity contribution in [3.05, 3.63) is 35.9 Å². The minimum atomic E-state index is -1.09. The summed E-state index contributed by atoms with van der Waals surface area (Å²) in [7, 11) is 0. The molecule has 0 fully saturated rings. The van der Waals surface area contributed by atoms with Gasteiger partial charge in [0.2, 0.25) is 0 Å². The molecule has 0 aromatic heterocycles. The molecule has 1 amide bonds. The lowest BCUT2D eigenvalue weighted by Gasteiger charge is -2.21. The molecule has 0 spiro atoms. The normalized spacial score (nSPS) is 11.7. The molecule has 0 aliphatic rings. The van der Waals surface area contributed by atoms with Crippen LogP contribution in [0.2, 0.25) is 0 Å². The zero-order valence-electron chi connectivity index (χ0n) is 11.0. The van der Waals surface area contributed by atoms with E-state index in [0.29, 0.717) is 12.0 Å². The molecule has 1 rings (SSSR count). The van der Waals surface area contributed by atoms with E-state index in [1.54, 1.807) is 30.3 Å². The second-order valence-corrected chi connectivity index (χ2v) is 4.30. The van der Waals surface area contributed by atoms with Gasteiger partial charge in [-0.25, -0.2) is 0 Å². The Labute approximate surface area is 116 Å². The number of carbonyl (C=O) groups is 2. The van der Waals surface area contributed by atoms with E-state index in [9.17, 15) is 9.59 Å². The van der Waals surface area contributed by atoms with Gasteiger partial charge in [0.05, 0.1) is 0 Å². The van der Waals surface area contributed by atoms with Crippen molar-refractivity contribution in [2.75, 3.05) is 6.54 Å². The van der Waals surface area contributed by atoms with Crippen LogP contribution in [-0.4, -0.2) is 40.4 Å². The SMILES string of the molecule is N=C(N)N(CCCC(N)C(=O)O)C(=O)c1ccccc1. The van der Waals surface area contributed by atoms with Crippen LogP contribution in [0.5, 0.6) is 0 Å². The van der Waals surface area contributed by atoms with E-state index in [0.717, 1.165) is 4.90 Å². The van der Waals surface area contributed by atoms with Crippen molar-refractivity contribution in [2.45, 2.75) is 18.9 Å². The number of carboxylic acid groups (broad SMARTS) is 1. The van der Waals surface area contributed by atoms with Crippen molar-refractivity contribution in [1.82, 2.24) is 4.90 Å². The van der Waals surface area contributed by atoms with Crippen molar-refractivity contribution in [3.63, 3.8) is 0 Å². The number of nitrogens with one attached hydrogen (secondary N) is 1. The smallest absolute Gasteiger partial charge is 0.320 e. The Morgan fingerprint density at radius 2 is 1.90 bits per heavy atom. The highest BCUT2D eigenvalue weighted by molar-refractivity contribution is 6.04. The van der Waals surface area contributed by atoms with E-state index >= 15 is 0 Å². The highest BCUT2D eigenvalue weighted by atomic mass is 16.4. The van der Waals surface area contributed by atoms with Crippen LogP contribution in [0.3, 0.4) is 0 Å². The summed E-state index contributed by atoms with van der Waals surface area (Å²) in [6, 6.07) is 7.48. The molecule has 20 heavy (non-hydrogen) atoms. The second kappa shape index (κ2) is 7.25. The minimum Gasteiger partial charge on any atom is -0.480 e. The highest BCUT2D eigenvalue weighted by Gasteiger charge is 2.19. The molecule has 7 nitrogen and oxygen atoms in total. The van der Waals surface area contributed by atoms with E-state index in [1.165, 1.54) is 0 Å². The van der Waals surface area contributed by atoms with Crippen LogP contribution in [0, 0.1) is 5.41 Å². The first kappa shape index (κ1) is 15.6. The fraction of sp³-hybridized carbons (Fsp3) is 0.308. The van der Waals surface area contributed by atoms with Crippen LogP contribution in [-0.2, 0) is 4.79 Å². The predicted molar refractivity (Wildman–Crippen MR) is 74.2 cm³/mol. The molecule has 108 valence electrons. The number of nitrogens with two attached hydrogens (primary N) is 2. The standard InChI is InChI=1S/C13H18N4O3/c14-10(12(19)20)7-4-8-17(13(15)16)11(18)9-5-2-1-3-6-9/h1-3,5-6,10H,4,7-8,14H2,(H3,15,16)(H,19,20). The third-order valence-electron chi connectivity index (χ3n) is 2.77. The number of guanidine groups is 1. The minimum absolute atomic E-state index is 0.157. The van der Waals surface area contributed by atoms with Gasteiger partial charge in [0.25, 0.3) is 5.91 Å². The third kappa shape index (κ3) is 4.36. The molecule has 0 saturated heterocycles. The number of rotatable bonds is 6. The van der Waals surface area contributed by atoms with Crippen LogP contribution >= 0.6 is 0 Å². The first-order valence-electron chi connectivity index (χ1n) is 6.12. The second-order valence-electron chi connectivity index (χ2n) is 4.30. The zero-order valence-corrected chi connectivity index (χ0v) is 11.0. The predicted octanol–water partition coefficient (Wildman–Crippen LogP) is 0.214. The Balaban J connectivity index is 2.64. The largest absolute Gasteiger partial charge is 0.480 e. The Bertz CT molecular complexity index is 490. The molecule has 0 saturated carbocycles. The molecule has 7 heteroatoms. The summed E-state index contributed by atoms with van der Waals surface area (Å²) < 4.78 is 0. The summed E-state index contributed by atoms with van der Waals surface area (Å²) in [5.74, 6) is -1.85. The maximum absolute atomic E-state index is 12.2. The first-order chi connectivity index (χ1) is 9.43. The topological polar surface area (TPSA) is 134 Å². The maximum atomic E-state index is 12.2. The van der Waals surface area contributed by atoms with E-state index in [2.05, 4.69) is 0 Å². The molecule has 0 radical (unpaired) electrons. The number of benzene rings is 1. The van der Waals surface area contributed by atoms with E-state index in [-0.39, 0.29) is 24.8 Å². The van der Waals surface area contributed by atoms with Crippen molar-refractivity contribution in [2.24, 2.45) is 11.5 Å². The molecule has 0 aliphatic heterocycles. The molecule has 1 atom stereocenters. The molecule has 1 aromatic carbocycles. The van der Waals surface area contributed by atoms with Crippen molar-refractivity contribution < 1.29 is 14.7 Å². The molecule has 1 unspecified atom stereocenters. The molecule has 0 heterocycles. The fourth-order valence-electron chi connectivity index (χ4n) is 1.66. The van der Waals surface area contributed by atoms with Gasteiger partial charge in [-0.2, -0.15) is 0 Å².